The minimum absolute atomic E-state index is 0.0103. The molecule has 1 unspecified atom stereocenters. The molecule has 37 heavy (non-hydrogen) atoms. The van der Waals surface area contributed by atoms with E-state index in [0.717, 1.165) is 14.9 Å². The van der Waals surface area contributed by atoms with E-state index in [9.17, 15) is 22.7 Å². The number of alkyl halides is 4. The Balaban J connectivity index is 0.000000206. The van der Waals surface area contributed by atoms with Crippen LogP contribution in [0.3, 0.4) is 0 Å². The normalized spacial score (nSPS) is 12.4. The van der Waals surface area contributed by atoms with E-state index in [-0.39, 0.29) is 15.9 Å². The zero-order valence-corrected chi connectivity index (χ0v) is 23.9. The highest BCUT2D eigenvalue weighted by Gasteiger charge is 2.22. The average Bonchev–Trinajstić information content (AvgIpc) is 3.49. The zero-order valence-electron chi connectivity index (χ0n) is 19.2. The Morgan fingerprint density at radius 1 is 0.757 bits per heavy atom. The predicted octanol–water partition coefficient (Wildman–Crippen LogP) is 5.27. The second kappa shape index (κ2) is 12.7. The smallest absolute Gasteiger partial charge is 0.257 e. The summed E-state index contributed by atoms with van der Waals surface area (Å²) in [7, 11) is 3.50. The Bertz CT molecular complexity index is 1340. The molecule has 0 saturated heterocycles. The van der Waals surface area contributed by atoms with Crippen LogP contribution in [0.1, 0.15) is 28.4 Å². The first-order valence-corrected chi connectivity index (χ1v) is 12.7. The lowest BCUT2D eigenvalue weighted by Gasteiger charge is -2.06. The minimum atomic E-state index is -2.54. The maximum Gasteiger partial charge on any atom is 0.257 e. The van der Waals surface area contributed by atoms with Crippen LogP contribution in [0, 0.1) is 0 Å². The molecule has 1 atom stereocenters. The molecule has 0 saturated carbocycles. The van der Waals surface area contributed by atoms with E-state index < -0.39 is 32.0 Å². The van der Waals surface area contributed by atoms with Gasteiger partial charge in [0.05, 0.1) is 0 Å². The highest BCUT2D eigenvalue weighted by molar-refractivity contribution is 9.10. The third-order valence-electron chi connectivity index (χ3n) is 4.81. The monoisotopic (exact) mass is 692 g/mol. The van der Waals surface area contributed by atoms with Crippen molar-refractivity contribution in [2.75, 3.05) is 0 Å². The summed E-state index contributed by atoms with van der Waals surface area (Å²) in [5.41, 5.74) is 2.37. The van der Waals surface area contributed by atoms with E-state index in [1.54, 1.807) is 25.0 Å². The molecule has 0 spiro atoms. The van der Waals surface area contributed by atoms with Gasteiger partial charge in [0, 0.05) is 67.6 Å². The lowest BCUT2D eigenvalue weighted by molar-refractivity contribution is 0.121. The molecule has 4 rings (SSSR count). The lowest BCUT2D eigenvalue weighted by atomic mass is 10.1. The van der Waals surface area contributed by atoms with E-state index in [1.807, 2.05) is 6.20 Å². The van der Waals surface area contributed by atoms with Gasteiger partial charge in [0.1, 0.15) is 28.4 Å². The Kier molecular flexibility index (Phi) is 10.2. The minimum Gasteiger partial charge on any atom is -0.383 e. The molecule has 0 aliphatic rings. The van der Waals surface area contributed by atoms with Crippen LogP contribution in [-0.4, -0.2) is 57.1 Å². The van der Waals surface area contributed by atoms with Crippen molar-refractivity contribution in [3.05, 3.63) is 66.6 Å². The summed E-state index contributed by atoms with van der Waals surface area (Å²) in [6.07, 6.45) is 0.718. The Labute approximate surface area is 235 Å². The van der Waals surface area contributed by atoms with Crippen LogP contribution >= 0.6 is 55.1 Å². The van der Waals surface area contributed by atoms with Gasteiger partial charge >= 0.3 is 0 Å². The van der Waals surface area contributed by atoms with Crippen LogP contribution in [-0.2, 0) is 33.6 Å². The molecule has 4 heterocycles. The number of hydrogen-bond donors (Lipinski definition) is 1. The quantitative estimate of drug-likeness (QED) is 0.254. The van der Waals surface area contributed by atoms with Gasteiger partial charge in [-0.05, 0) is 31.9 Å². The second-order valence-corrected chi connectivity index (χ2v) is 10.0. The third-order valence-corrected chi connectivity index (χ3v) is 6.71. The number of aryl methyl sites for hydroxylation is 2. The third kappa shape index (κ3) is 8.02. The van der Waals surface area contributed by atoms with Crippen molar-refractivity contribution in [3.63, 3.8) is 0 Å². The first kappa shape index (κ1) is 29.6. The van der Waals surface area contributed by atoms with Gasteiger partial charge in [-0.1, -0.05) is 23.2 Å². The summed E-state index contributed by atoms with van der Waals surface area (Å²) >= 11 is 18.3. The summed E-state index contributed by atoms with van der Waals surface area (Å²) in [5, 5.41) is 26.2. The fraction of sp³-hybridized carbons (Fsp3) is 0.400. The molecule has 0 fully saturated rings. The molecule has 0 aliphatic carbocycles. The lowest BCUT2D eigenvalue weighted by Crippen LogP contribution is -2.06. The van der Waals surface area contributed by atoms with Crippen LogP contribution in [0.25, 0.3) is 0 Å². The van der Waals surface area contributed by atoms with Crippen LogP contribution in [0.2, 0.25) is 10.3 Å². The van der Waals surface area contributed by atoms with Crippen molar-refractivity contribution in [1.29, 1.82) is 0 Å². The predicted molar refractivity (Wildman–Crippen MR) is 135 cm³/mol. The first-order chi connectivity index (χ1) is 17.3. The summed E-state index contributed by atoms with van der Waals surface area (Å²) in [4.78, 5) is 0. The summed E-state index contributed by atoms with van der Waals surface area (Å²) in [6.45, 7) is -1.02. The SMILES string of the molecule is Cn1cc(C(O)c2cn(CC(F)F)nc2Cl)c(Br)n1.Cn1cc(Cc2cn(CC(F)F)nc2Cl)c(Br)n1. The van der Waals surface area contributed by atoms with Gasteiger partial charge in [0.15, 0.2) is 10.3 Å². The van der Waals surface area contributed by atoms with E-state index in [1.165, 1.54) is 17.1 Å². The maximum atomic E-state index is 12.3. The Morgan fingerprint density at radius 2 is 1.30 bits per heavy atom. The molecule has 4 aromatic rings. The van der Waals surface area contributed by atoms with Gasteiger partial charge in [-0.15, -0.1) is 0 Å². The Hall–Kier alpha value is -1.94. The van der Waals surface area contributed by atoms with Crippen LogP contribution in [0.4, 0.5) is 17.6 Å². The number of nitrogens with zero attached hydrogens (tertiary/aromatic N) is 8. The zero-order chi connectivity index (χ0) is 27.4. The molecule has 0 radical (unpaired) electrons. The standard InChI is InChI=1S/C10H10BrClF2N4O.C10H10BrClF2N4/c1-17-2-5(9(11)15-17)8(19)6-3-18(4-7(13)14)16-10(6)12;1-17-3-6(9(11)15-17)2-7-4-18(5-8(13)14)16-10(7)12/h2-3,7-8,19H,4H2,1H3;3-4,8H,2,5H2,1H3. The van der Waals surface area contributed by atoms with Crippen LogP contribution in [0.5, 0.6) is 0 Å². The number of aromatic nitrogens is 8. The first-order valence-electron chi connectivity index (χ1n) is 10.4. The molecule has 202 valence electrons. The Morgan fingerprint density at radius 3 is 1.81 bits per heavy atom. The topological polar surface area (TPSA) is 91.5 Å². The van der Waals surface area contributed by atoms with Gasteiger partial charge in [-0.3, -0.25) is 18.7 Å². The molecule has 1 N–H and O–H groups in total. The van der Waals surface area contributed by atoms with E-state index in [2.05, 4.69) is 52.3 Å². The van der Waals surface area contributed by atoms with Crippen LogP contribution < -0.4 is 0 Å². The highest BCUT2D eigenvalue weighted by atomic mass is 79.9. The van der Waals surface area contributed by atoms with Crippen LogP contribution in [0.15, 0.2) is 34.0 Å². The molecule has 4 aromatic heterocycles. The van der Waals surface area contributed by atoms with E-state index in [4.69, 9.17) is 23.2 Å². The summed E-state index contributed by atoms with van der Waals surface area (Å²) in [6, 6.07) is 0. The van der Waals surface area contributed by atoms with Crippen molar-refractivity contribution in [3.8, 4) is 0 Å². The number of halogens is 8. The number of aliphatic hydroxyl groups excluding tert-OH is 1. The fourth-order valence-corrected chi connectivity index (χ4v) is 4.81. The number of rotatable bonds is 8. The van der Waals surface area contributed by atoms with Crippen molar-refractivity contribution in [2.45, 2.75) is 38.5 Å². The van der Waals surface area contributed by atoms with Crippen molar-refractivity contribution in [1.82, 2.24) is 39.1 Å². The summed E-state index contributed by atoms with van der Waals surface area (Å²) < 4.78 is 55.5. The van der Waals surface area contributed by atoms with Crippen molar-refractivity contribution < 1.29 is 22.7 Å². The molecule has 17 heteroatoms. The van der Waals surface area contributed by atoms with Crippen molar-refractivity contribution >= 4 is 55.1 Å². The molecule has 0 aliphatic heterocycles. The molecule has 0 aromatic carbocycles. The number of aliphatic hydroxyl groups is 1. The second-order valence-electron chi connectivity index (χ2n) is 7.79. The van der Waals surface area contributed by atoms with Gasteiger partial charge < -0.3 is 5.11 Å². The molecule has 0 amide bonds. The maximum absolute atomic E-state index is 12.3. The van der Waals surface area contributed by atoms with Crippen molar-refractivity contribution in [2.24, 2.45) is 14.1 Å². The molecule has 0 bridgehead atoms. The summed E-state index contributed by atoms with van der Waals surface area (Å²) in [5.74, 6) is 0. The van der Waals surface area contributed by atoms with Gasteiger partial charge in [0.2, 0.25) is 0 Å². The fourth-order valence-electron chi connectivity index (χ4n) is 3.29. The molecular formula is C20H20Br2Cl2F4N8O. The number of hydrogen-bond acceptors (Lipinski definition) is 5. The largest absolute Gasteiger partial charge is 0.383 e. The van der Waals surface area contributed by atoms with Gasteiger partial charge in [-0.25, -0.2) is 17.6 Å². The van der Waals surface area contributed by atoms with Gasteiger partial charge in [-0.2, -0.15) is 20.4 Å². The average molecular weight is 695 g/mol. The molecular weight excluding hydrogens is 675 g/mol. The highest BCUT2D eigenvalue weighted by Crippen LogP contribution is 2.31. The van der Waals surface area contributed by atoms with Gasteiger partial charge in [0.25, 0.3) is 12.9 Å². The van der Waals surface area contributed by atoms with E-state index >= 15 is 0 Å². The van der Waals surface area contributed by atoms with E-state index in [0.29, 0.717) is 26.8 Å². The molecule has 9 nitrogen and oxygen atoms in total.